The lowest BCUT2D eigenvalue weighted by molar-refractivity contribution is 0.0599. The lowest BCUT2D eigenvalue weighted by Crippen LogP contribution is -2.27. The number of esters is 1. The third-order valence-electron chi connectivity index (χ3n) is 3.05. The summed E-state index contributed by atoms with van der Waals surface area (Å²) >= 11 is 0. The van der Waals surface area contributed by atoms with Crippen LogP contribution in [0.2, 0.25) is 0 Å². The second-order valence-corrected chi connectivity index (χ2v) is 4.14. The van der Waals surface area contributed by atoms with Crippen LogP contribution in [0.5, 0.6) is 5.88 Å². The molecule has 0 atom stereocenters. The Bertz CT molecular complexity index is 427. The van der Waals surface area contributed by atoms with Crippen molar-refractivity contribution in [1.29, 1.82) is 0 Å². The number of rotatable bonds is 3. The van der Waals surface area contributed by atoms with Crippen molar-refractivity contribution in [2.75, 3.05) is 14.2 Å². The number of aliphatic hydroxyl groups excluding tert-OH is 1. The number of carbonyl (C=O) groups is 1. The van der Waals surface area contributed by atoms with E-state index in [1.807, 2.05) is 0 Å². The van der Waals surface area contributed by atoms with E-state index in [4.69, 9.17) is 4.74 Å². The predicted molar refractivity (Wildman–Crippen MR) is 60.1 cm³/mol. The molecule has 0 spiro atoms. The third-order valence-corrected chi connectivity index (χ3v) is 3.05. The first-order chi connectivity index (χ1) is 8.15. The van der Waals surface area contributed by atoms with Gasteiger partial charge in [-0.2, -0.15) is 0 Å². The van der Waals surface area contributed by atoms with Gasteiger partial charge in [-0.1, -0.05) is 0 Å². The first-order valence-corrected chi connectivity index (χ1v) is 5.46. The minimum atomic E-state index is -0.415. The fraction of sp³-hybridized carbons (Fsp3) is 0.500. The quantitative estimate of drug-likeness (QED) is 0.798. The second kappa shape index (κ2) is 4.71. The molecule has 1 heterocycles. The highest BCUT2D eigenvalue weighted by Crippen LogP contribution is 2.40. The zero-order chi connectivity index (χ0) is 12.4. The smallest absolute Gasteiger partial charge is 0.339 e. The molecular weight excluding hydrogens is 222 g/mol. The maximum absolute atomic E-state index is 11.4. The van der Waals surface area contributed by atoms with Crippen molar-refractivity contribution in [2.45, 2.75) is 24.9 Å². The topological polar surface area (TPSA) is 68.7 Å². The number of pyridine rings is 1. The maximum Gasteiger partial charge on any atom is 0.339 e. The van der Waals surface area contributed by atoms with Gasteiger partial charge in [-0.25, -0.2) is 9.78 Å². The number of hydrogen-bond acceptors (Lipinski definition) is 5. The average Bonchev–Trinajstić information content (AvgIpc) is 2.33. The standard InChI is InChI=1S/C12H15NO4/c1-16-11-10(7-3-9(14)4-7)5-8(6-13-11)12(15)17-2/h5-7,9,14H,3-4H2,1-2H3. The Morgan fingerprint density at radius 2 is 2.18 bits per heavy atom. The molecule has 1 aliphatic carbocycles. The van der Waals surface area contributed by atoms with Crippen LogP contribution in [0.25, 0.3) is 0 Å². The number of hydrogen-bond donors (Lipinski definition) is 1. The van der Waals surface area contributed by atoms with Crippen molar-refractivity contribution in [3.63, 3.8) is 0 Å². The number of nitrogens with zero attached hydrogens (tertiary/aromatic N) is 1. The Labute approximate surface area is 99.4 Å². The monoisotopic (exact) mass is 237 g/mol. The van der Waals surface area contributed by atoms with Crippen LogP contribution in [0.3, 0.4) is 0 Å². The van der Waals surface area contributed by atoms with Crippen molar-refractivity contribution in [3.8, 4) is 5.88 Å². The minimum absolute atomic E-state index is 0.206. The van der Waals surface area contributed by atoms with E-state index < -0.39 is 5.97 Å². The molecule has 0 saturated heterocycles. The molecule has 1 aromatic heterocycles. The summed E-state index contributed by atoms with van der Waals surface area (Å²) < 4.78 is 9.81. The van der Waals surface area contributed by atoms with Crippen LogP contribution in [-0.2, 0) is 4.74 Å². The van der Waals surface area contributed by atoms with E-state index in [9.17, 15) is 9.90 Å². The molecule has 0 aromatic carbocycles. The molecule has 5 nitrogen and oxygen atoms in total. The largest absolute Gasteiger partial charge is 0.481 e. The fourth-order valence-corrected chi connectivity index (χ4v) is 2.00. The van der Waals surface area contributed by atoms with Crippen LogP contribution in [-0.4, -0.2) is 36.4 Å². The zero-order valence-electron chi connectivity index (χ0n) is 9.84. The van der Waals surface area contributed by atoms with Crippen LogP contribution in [0.1, 0.15) is 34.7 Å². The van der Waals surface area contributed by atoms with E-state index >= 15 is 0 Å². The number of ether oxygens (including phenoxy) is 2. The Kier molecular flexibility index (Phi) is 3.28. The Hall–Kier alpha value is -1.62. The Morgan fingerprint density at radius 3 is 2.71 bits per heavy atom. The summed E-state index contributed by atoms with van der Waals surface area (Å²) in [5.74, 6) is 0.299. The molecule has 17 heavy (non-hydrogen) atoms. The number of aliphatic hydroxyl groups is 1. The van der Waals surface area contributed by atoms with Crippen molar-refractivity contribution < 1.29 is 19.4 Å². The summed E-state index contributed by atoms with van der Waals surface area (Å²) in [5, 5.41) is 9.32. The van der Waals surface area contributed by atoms with Crippen molar-refractivity contribution in [2.24, 2.45) is 0 Å². The fourth-order valence-electron chi connectivity index (χ4n) is 2.00. The van der Waals surface area contributed by atoms with Gasteiger partial charge in [-0.15, -0.1) is 0 Å². The summed E-state index contributed by atoms with van der Waals surface area (Å²) in [6.45, 7) is 0. The highest BCUT2D eigenvalue weighted by molar-refractivity contribution is 5.89. The van der Waals surface area contributed by atoms with Crippen LogP contribution < -0.4 is 4.74 Å². The van der Waals surface area contributed by atoms with Gasteiger partial charge in [0.25, 0.3) is 0 Å². The lowest BCUT2D eigenvalue weighted by atomic mass is 9.77. The summed E-state index contributed by atoms with van der Waals surface area (Å²) in [5.41, 5.74) is 1.27. The maximum atomic E-state index is 11.4. The SMILES string of the molecule is COC(=O)c1cnc(OC)c(C2CC(O)C2)c1. The molecule has 0 amide bonds. The van der Waals surface area contributed by atoms with Gasteiger partial charge in [-0.3, -0.25) is 0 Å². The van der Waals surface area contributed by atoms with Crippen molar-refractivity contribution in [1.82, 2.24) is 4.98 Å². The Morgan fingerprint density at radius 1 is 1.47 bits per heavy atom. The third kappa shape index (κ3) is 2.24. The van der Waals surface area contributed by atoms with Gasteiger partial charge < -0.3 is 14.6 Å². The molecular formula is C12H15NO4. The summed E-state index contributed by atoms with van der Waals surface area (Å²) in [7, 11) is 2.87. The van der Waals surface area contributed by atoms with E-state index in [2.05, 4.69) is 9.72 Å². The molecule has 1 N–H and O–H groups in total. The second-order valence-electron chi connectivity index (χ2n) is 4.14. The van der Waals surface area contributed by atoms with Crippen LogP contribution in [0, 0.1) is 0 Å². The molecule has 2 rings (SSSR count). The molecule has 1 fully saturated rings. The van der Waals surface area contributed by atoms with Crippen molar-refractivity contribution in [3.05, 3.63) is 23.4 Å². The first-order valence-electron chi connectivity index (χ1n) is 5.46. The van der Waals surface area contributed by atoms with Crippen LogP contribution in [0.4, 0.5) is 0 Å². The van der Waals surface area contributed by atoms with Gasteiger partial charge in [-0.05, 0) is 24.8 Å². The lowest BCUT2D eigenvalue weighted by Gasteiger charge is -2.32. The number of carbonyl (C=O) groups excluding carboxylic acids is 1. The van der Waals surface area contributed by atoms with E-state index in [1.54, 1.807) is 13.2 Å². The number of aromatic nitrogens is 1. The van der Waals surface area contributed by atoms with Gasteiger partial charge in [0.1, 0.15) is 0 Å². The van der Waals surface area contributed by atoms with E-state index in [0.29, 0.717) is 24.3 Å². The molecule has 1 saturated carbocycles. The van der Waals surface area contributed by atoms with Gasteiger partial charge >= 0.3 is 5.97 Å². The van der Waals surface area contributed by atoms with E-state index in [-0.39, 0.29) is 12.0 Å². The first kappa shape index (κ1) is 11.9. The molecule has 1 aliphatic rings. The summed E-state index contributed by atoms with van der Waals surface area (Å²) in [6.07, 6.45) is 2.54. The Balaban J connectivity index is 2.30. The average molecular weight is 237 g/mol. The van der Waals surface area contributed by atoms with Gasteiger partial charge in [0.2, 0.25) is 5.88 Å². The normalized spacial score (nSPS) is 22.8. The molecule has 0 bridgehead atoms. The van der Waals surface area contributed by atoms with Crippen LogP contribution in [0.15, 0.2) is 12.3 Å². The summed E-state index contributed by atoms with van der Waals surface area (Å²) in [6, 6.07) is 1.73. The van der Waals surface area contributed by atoms with Gasteiger partial charge in [0.05, 0.1) is 25.9 Å². The molecule has 1 aromatic rings. The van der Waals surface area contributed by atoms with Crippen LogP contribution >= 0.6 is 0 Å². The molecule has 92 valence electrons. The molecule has 0 unspecified atom stereocenters. The highest BCUT2D eigenvalue weighted by atomic mass is 16.5. The summed E-state index contributed by atoms with van der Waals surface area (Å²) in [4.78, 5) is 15.5. The highest BCUT2D eigenvalue weighted by Gasteiger charge is 2.31. The predicted octanol–water partition coefficient (Wildman–Crippen LogP) is 1.12. The van der Waals surface area contributed by atoms with E-state index in [0.717, 1.165) is 5.56 Å². The molecule has 5 heteroatoms. The molecule has 0 aliphatic heterocycles. The van der Waals surface area contributed by atoms with Gasteiger partial charge in [0.15, 0.2) is 0 Å². The van der Waals surface area contributed by atoms with Gasteiger partial charge in [0, 0.05) is 11.8 Å². The molecule has 0 radical (unpaired) electrons. The zero-order valence-corrected chi connectivity index (χ0v) is 9.84. The number of methoxy groups -OCH3 is 2. The minimum Gasteiger partial charge on any atom is -0.481 e. The van der Waals surface area contributed by atoms with E-state index in [1.165, 1.54) is 13.3 Å². The van der Waals surface area contributed by atoms with Crippen molar-refractivity contribution >= 4 is 5.97 Å².